The molecule has 0 aliphatic heterocycles. The van der Waals surface area contributed by atoms with Gasteiger partial charge in [0.05, 0.1) is 0 Å². The van der Waals surface area contributed by atoms with Gasteiger partial charge in [0.25, 0.3) is 0 Å². The van der Waals surface area contributed by atoms with Crippen LogP contribution in [0.3, 0.4) is 0 Å². The van der Waals surface area contributed by atoms with Gasteiger partial charge in [-0.3, -0.25) is 4.79 Å². The number of halogens is 1. The molecule has 0 aromatic carbocycles. The number of carbonyl (C=O) groups is 1. The minimum absolute atomic E-state index is 0. The Bertz CT molecular complexity index is 315. The van der Waals surface area contributed by atoms with Gasteiger partial charge in [0.15, 0.2) is 5.96 Å². The first-order chi connectivity index (χ1) is 9.63. The van der Waals surface area contributed by atoms with Gasteiger partial charge in [-0.2, -0.15) is 0 Å². The summed E-state index contributed by atoms with van der Waals surface area (Å²) in [6.45, 7) is 3.33. The summed E-state index contributed by atoms with van der Waals surface area (Å²) in [5, 5.41) is 6.80. The SMILES string of the molecule is CCCCCNC(=NCC(=O)N(C)C)NC1CCCC1.I. The Morgan fingerprint density at radius 3 is 2.48 bits per heavy atom. The highest BCUT2D eigenvalue weighted by molar-refractivity contribution is 14.0. The maximum absolute atomic E-state index is 11.6. The lowest BCUT2D eigenvalue weighted by atomic mass is 10.2. The molecule has 5 nitrogen and oxygen atoms in total. The number of hydrogen-bond acceptors (Lipinski definition) is 2. The molecule has 0 aromatic heterocycles. The quantitative estimate of drug-likeness (QED) is 0.293. The summed E-state index contributed by atoms with van der Waals surface area (Å²) in [5.41, 5.74) is 0. The van der Waals surface area contributed by atoms with Crippen molar-refractivity contribution in [3.05, 3.63) is 0 Å². The first-order valence-electron chi connectivity index (χ1n) is 7.88. The van der Waals surface area contributed by atoms with Crippen LogP contribution >= 0.6 is 24.0 Å². The van der Waals surface area contributed by atoms with E-state index in [0.717, 1.165) is 18.9 Å². The number of unbranched alkanes of at least 4 members (excludes halogenated alkanes) is 2. The summed E-state index contributed by atoms with van der Waals surface area (Å²) < 4.78 is 0. The van der Waals surface area contributed by atoms with Crippen molar-refractivity contribution in [2.24, 2.45) is 4.99 Å². The van der Waals surface area contributed by atoms with Gasteiger partial charge >= 0.3 is 0 Å². The molecule has 0 heterocycles. The lowest BCUT2D eigenvalue weighted by Gasteiger charge is -2.17. The molecule has 0 unspecified atom stereocenters. The van der Waals surface area contributed by atoms with Crippen LogP contribution in [0.5, 0.6) is 0 Å². The van der Waals surface area contributed by atoms with Crippen molar-refractivity contribution in [3.63, 3.8) is 0 Å². The van der Waals surface area contributed by atoms with E-state index in [1.165, 1.54) is 38.5 Å². The van der Waals surface area contributed by atoms with Gasteiger partial charge in [-0.25, -0.2) is 4.99 Å². The van der Waals surface area contributed by atoms with E-state index in [9.17, 15) is 4.79 Å². The van der Waals surface area contributed by atoms with Crippen LogP contribution in [0.25, 0.3) is 0 Å². The molecule has 6 heteroatoms. The lowest BCUT2D eigenvalue weighted by molar-refractivity contribution is -0.127. The number of nitrogens with zero attached hydrogens (tertiary/aromatic N) is 2. The van der Waals surface area contributed by atoms with Crippen LogP contribution in [0.1, 0.15) is 51.9 Å². The second-order valence-corrected chi connectivity index (χ2v) is 5.71. The molecule has 0 atom stereocenters. The van der Waals surface area contributed by atoms with E-state index in [1.54, 1.807) is 19.0 Å². The van der Waals surface area contributed by atoms with E-state index in [4.69, 9.17) is 0 Å². The Balaban J connectivity index is 0.00000400. The van der Waals surface area contributed by atoms with Crippen molar-refractivity contribution in [2.75, 3.05) is 27.2 Å². The molecule has 1 amide bonds. The van der Waals surface area contributed by atoms with Crippen molar-refractivity contribution in [1.29, 1.82) is 0 Å². The fourth-order valence-corrected chi connectivity index (χ4v) is 2.29. The molecular weight excluding hydrogens is 379 g/mol. The van der Waals surface area contributed by atoms with Crippen molar-refractivity contribution in [2.45, 2.75) is 57.9 Å². The van der Waals surface area contributed by atoms with Gasteiger partial charge in [-0.1, -0.05) is 32.6 Å². The third-order valence-electron chi connectivity index (χ3n) is 3.64. The number of amides is 1. The van der Waals surface area contributed by atoms with E-state index in [1.807, 2.05) is 0 Å². The van der Waals surface area contributed by atoms with Gasteiger partial charge in [0, 0.05) is 26.7 Å². The Hall–Kier alpha value is -0.530. The van der Waals surface area contributed by atoms with E-state index < -0.39 is 0 Å². The van der Waals surface area contributed by atoms with Crippen LogP contribution in [-0.2, 0) is 4.79 Å². The standard InChI is InChI=1S/C15H30N4O.HI/c1-4-5-8-11-16-15(17-12-14(20)19(2)3)18-13-9-6-7-10-13;/h13H,4-12H2,1-3H3,(H2,16,17,18);1H. The fraction of sp³-hybridized carbons (Fsp3) is 0.867. The summed E-state index contributed by atoms with van der Waals surface area (Å²) >= 11 is 0. The average Bonchev–Trinajstić information content (AvgIpc) is 2.92. The highest BCUT2D eigenvalue weighted by Crippen LogP contribution is 2.17. The second kappa shape index (κ2) is 12.1. The minimum atomic E-state index is 0. The predicted molar refractivity (Wildman–Crippen MR) is 99.3 cm³/mol. The van der Waals surface area contributed by atoms with E-state index in [2.05, 4.69) is 22.5 Å². The van der Waals surface area contributed by atoms with E-state index in [0.29, 0.717) is 6.04 Å². The summed E-state index contributed by atoms with van der Waals surface area (Å²) in [6, 6.07) is 0.516. The number of nitrogens with one attached hydrogen (secondary N) is 2. The van der Waals surface area contributed by atoms with Crippen molar-refractivity contribution in [1.82, 2.24) is 15.5 Å². The fourth-order valence-electron chi connectivity index (χ4n) is 2.29. The van der Waals surface area contributed by atoms with Gasteiger partial charge < -0.3 is 15.5 Å². The average molecular weight is 410 g/mol. The molecule has 2 N–H and O–H groups in total. The molecule has 1 aliphatic rings. The van der Waals surface area contributed by atoms with Gasteiger partial charge in [0.2, 0.25) is 5.91 Å². The van der Waals surface area contributed by atoms with Crippen molar-refractivity contribution < 1.29 is 4.79 Å². The lowest BCUT2D eigenvalue weighted by Crippen LogP contribution is -2.43. The van der Waals surface area contributed by atoms with Crippen LogP contribution in [0.15, 0.2) is 4.99 Å². The highest BCUT2D eigenvalue weighted by atomic mass is 127. The number of guanidine groups is 1. The summed E-state index contributed by atoms with van der Waals surface area (Å²) in [7, 11) is 3.52. The smallest absolute Gasteiger partial charge is 0.243 e. The van der Waals surface area contributed by atoms with Crippen LogP contribution in [-0.4, -0.2) is 50.0 Å². The summed E-state index contributed by atoms with van der Waals surface area (Å²) in [5.74, 6) is 0.828. The number of likely N-dealkylation sites (N-methyl/N-ethyl adjacent to an activating group) is 1. The van der Waals surface area contributed by atoms with Gasteiger partial charge in [0.1, 0.15) is 6.54 Å². The van der Waals surface area contributed by atoms with E-state index >= 15 is 0 Å². The molecule has 0 bridgehead atoms. The monoisotopic (exact) mass is 410 g/mol. The van der Waals surface area contributed by atoms with E-state index in [-0.39, 0.29) is 36.4 Å². The van der Waals surface area contributed by atoms with Crippen molar-refractivity contribution in [3.8, 4) is 0 Å². The first kappa shape index (κ1) is 20.5. The third-order valence-corrected chi connectivity index (χ3v) is 3.64. The zero-order valence-corrected chi connectivity index (χ0v) is 16.0. The molecule has 1 rings (SSSR count). The zero-order chi connectivity index (χ0) is 14.8. The molecule has 0 radical (unpaired) electrons. The number of aliphatic imine (C=N–C) groups is 1. The minimum Gasteiger partial charge on any atom is -0.356 e. The predicted octanol–water partition coefficient (Wildman–Crippen LogP) is 2.36. The van der Waals surface area contributed by atoms with Gasteiger partial charge in [-0.15, -0.1) is 24.0 Å². The maximum Gasteiger partial charge on any atom is 0.243 e. The van der Waals surface area contributed by atoms with Crippen LogP contribution in [0, 0.1) is 0 Å². The number of carbonyl (C=O) groups excluding carboxylic acids is 1. The molecule has 0 spiro atoms. The molecule has 1 aliphatic carbocycles. The largest absolute Gasteiger partial charge is 0.356 e. The third kappa shape index (κ3) is 9.16. The molecule has 0 aromatic rings. The molecular formula is C15H31IN4O. The zero-order valence-electron chi connectivity index (χ0n) is 13.7. The highest BCUT2D eigenvalue weighted by Gasteiger charge is 2.16. The molecule has 0 saturated heterocycles. The number of rotatable bonds is 7. The maximum atomic E-state index is 11.6. The van der Waals surface area contributed by atoms with Gasteiger partial charge in [-0.05, 0) is 19.3 Å². The normalized spacial score (nSPS) is 15.5. The molecule has 1 fully saturated rings. The Labute approximate surface area is 146 Å². The Morgan fingerprint density at radius 1 is 1.24 bits per heavy atom. The molecule has 21 heavy (non-hydrogen) atoms. The van der Waals surface area contributed by atoms with Crippen LogP contribution < -0.4 is 10.6 Å². The Morgan fingerprint density at radius 2 is 1.90 bits per heavy atom. The van der Waals surface area contributed by atoms with Crippen molar-refractivity contribution >= 4 is 35.8 Å². The van der Waals surface area contributed by atoms with Crippen LogP contribution in [0.2, 0.25) is 0 Å². The second-order valence-electron chi connectivity index (χ2n) is 5.71. The summed E-state index contributed by atoms with van der Waals surface area (Å²) in [4.78, 5) is 17.6. The topological polar surface area (TPSA) is 56.7 Å². The number of hydrogen-bond donors (Lipinski definition) is 2. The summed E-state index contributed by atoms with van der Waals surface area (Å²) in [6.07, 6.45) is 8.57. The van der Waals surface area contributed by atoms with Crippen LogP contribution in [0.4, 0.5) is 0 Å². The molecule has 124 valence electrons. The first-order valence-corrected chi connectivity index (χ1v) is 7.88. The Kier molecular flexibility index (Phi) is 11.8. The molecule has 1 saturated carbocycles.